The third kappa shape index (κ3) is 5.24. The lowest BCUT2D eigenvalue weighted by Gasteiger charge is -2.41. The van der Waals surface area contributed by atoms with Gasteiger partial charge in [0.1, 0.15) is 11.4 Å². The fraction of sp³-hybridized carbons (Fsp3) is 0.517. The maximum absolute atomic E-state index is 14.6. The molecule has 8 nitrogen and oxygen atoms in total. The van der Waals surface area contributed by atoms with Gasteiger partial charge in [-0.25, -0.2) is 18.7 Å². The Morgan fingerprint density at radius 1 is 1.21 bits per heavy atom. The molecule has 1 fully saturated rings. The lowest BCUT2D eigenvalue weighted by molar-refractivity contribution is -0.167. The summed E-state index contributed by atoms with van der Waals surface area (Å²) in [6.45, 7) is 7.51. The average molecular weight is 523 g/mol. The number of cyclic esters (lactones) is 1. The lowest BCUT2D eigenvalue weighted by Crippen LogP contribution is -2.46. The summed E-state index contributed by atoms with van der Waals surface area (Å²) in [5, 5.41) is 15.6. The van der Waals surface area contributed by atoms with Gasteiger partial charge >= 0.3 is 5.97 Å². The summed E-state index contributed by atoms with van der Waals surface area (Å²) in [6, 6.07) is 6.89. The number of fused-ring (bicyclic) bond motifs is 1. The van der Waals surface area contributed by atoms with Gasteiger partial charge in [-0.2, -0.15) is 4.98 Å². The summed E-state index contributed by atoms with van der Waals surface area (Å²) in [4.78, 5) is 22.2. The molecule has 2 aromatic heterocycles. The minimum Gasteiger partial charge on any atom is -0.512 e. The highest BCUT2D eigenvalue weighted by molar-refractivity contribution is 5.90. The number of rotatable bonds is 8. The molecule has 0 amide bonds. The number of aliphatic hydroxyl groups is 1. The van der Waals surface area contributed by atoms with Crippen molar-refractivity contribution in [2.24, 2.45) is 5.92 Å². The third-order valence-corrected chi connectivity index (χ3v) is 7.65. The first kappa shape index (κ1) is 26.1. The van der Waals surface area contributed by atoms with Crippen molar-refractivity contribution >= 4 is 11.7 Å². The van der Waals surface area contributed by atoms with Gasteiger partial charge in [-0.15, -0.1) is 5.10 Å². The van der Waals surface area contributed by atoms with E-state index >= 15 is 0 Å². The summed E-state index contributed by atoms with van der Waals surface area (Å²) in [7, 11) is 0. The Bertz CT molecular complexity index is 1390. The van der Waals surface area contributed by atoms with Crippen LogP contribution in [0, 0.1) is 25.6 Å². The van der Waals surface area contributed by atoms with Gasteiger partial charge in [0.25, 0.3) is 5.78 Å². The molecule has 0 saturated heterocycles. The van der Waals surface area contributed by atoms with Crippen LogP contribution in [-0.4, -0.2) is 42.4 Å². The second-order valence-corrected chi connectivity index (χ2v) is 10.9. The minimum atomic E-state index is -0.827. The summed E-state index contributed by atoms with van der Waals surface area (Å²) < 4.78 is 28.0. The predicted octanol–water partition coefficient (Wildman–Crippen LogP) is 5.53. The van der Waals surface area contributed by atoms with Crippen LogP contribution in [0.1, 0.15) is 75.1 Å². The number of halogens is 1. The van der Waals surface area contributed by atoms with Crippen LogP contribution in [0.5, 0.6) is 5.75 Å². The van der Waals surface area contributed by atoms with Gasteiger partial charge in [0.2, 0.25) is 0 Å². The molecule has 1 unspecified atom stereocenters. The Morgan fingerprint density at radius 3 is 2.66 bits per heavy atom. The number of aliphatic hydroxyl groups excluding tert-OH is 1. The van der Waals surface area contributed by atoms with E-state index in [9.17, 15) is 14.3 Å². The van der Waals surface area contributed by atoms with Gasteiger partial charge in [0.15, 0.2) is 17.4 Å². The van der Waals surface area contributed by atoms with Crippen molar-refractivity contribution < 1.29 is 23.8 Å². The number of benzene rings is 1. The topological polar surface area (TPSA) is 98.8 Å². The highest BCUT2D eigenvalue weighted by Crippen LogP contribution is 2.46. The largest absolute Gasteiger partial charge is 0.512 e. The summed E-state index contributed by atoms with van der Waals surface area (Å²) >= 11 is 0. The molecule has 1 aliphatic heterocycles. The molecule has 1 saturated carbocycles. The summed E-state index contributed by atoms with van der Waals surface area (Å²) in [5.41, 5.74) is 1.87. The van der Waals surface area contributed by atoms with Crippen molar-refractivity contribution in [1.29, 1.82) is 0 Å². The Hall–Kier alpha value is -3.49. The van der Waals surface area contributed by atoms with Crippen LogP contribution in [0.25, 0.3) is 5.78 Å². The van der Waals surface area contributed by atoms with E-state index in [2.05, 4.69) is 15.1 Å². The zero-order chi connectivity index (χ0) is 27.0. The van der Waals surface area contributed by atoms with Gasteiger partial charge in [0.05, 0.1) is 11.7 Å². The van der Waals surface area contributed by atoms with Crippen LogP contribution in [0.2, 0.25) is 0 Å². The van der Waals surface area contributed by atoms with E-state index in [-0.39, 0.29) is 41.9 Å². The Kier molecular flexibility index (Phi) is 7.11. The monoisotopic (exact) mass is 522 g/mol. The van der Waals surface area contributed by atoms with Crippen molar-refractivity contribution in [2.45, 2.75) is 90.8 Å². The molecule has 3 heterocycles. The number of ether oxygens (including phenoxy) is 2. The van der Waals surface area contributed by atoms with E-state index in [0.29, 0.717) is 24.4 Å². The van der Waals surface area contributed by atoms with Crippen molar-refractivity contribution in [3.8, 4) is 5.75 Å². The normalized spacial score (nSPS) is 20.5. The number of nitrogens with zero attached hydrogens (tertiary/aromatic N) is 4. The van der Waals surface area contributed by atoms with E-state index < -0.39 is 17.4 Å². The molecule has 3 aromatic rings. The maximum atomic E-state index is 14.6. The van der Waals surface area contributed by atoms with Crippen LogP contribution in [0.4, 0.5) is 4.39 Å². The Labute approximate surface area is 221 Å². The molecule has 1 N–H and O–H groups in total. The van der Waals surface area contributed by atoms with E-state index in [1.807, 2.05) is 39.8 Å². The van der Waals surface area contributed by atoms with Crippen molar-refractivity contribution in [3.05, 3.63) is 64.2 Å². The zero-order valence-electron chi connectivity index (χ0n) is 22.5. The van der Waals surface area contributed by atoms with E-state index in [1.165, 1.54) is 6.07 Å². The number of carbonyl (C=O) groups excluding carboxylic acids is 1. The van der Waals surface area contributed by atoms with Gasteiger partial charge < -0.3 is 14.6 Å². The van der Waals surface area contributed by atoms with Crippen molar-refractivity contribution in [3.63, 3.8) is 0 Å². The number of aryl methyl sites for hydroxylation is 3. The number of aromatic nitrogens is 4. The first-order valence-electron chi connectivity index (χ1n) is 13.4. The van der Waals surface area contributed by atoms with Gasteiger partial charge in [-0.1, -0.05) is 18.9 Å². The molecule has 0 spiro atoms. The smallest absolute Gasteiger partial charge is 0.338 e. The Morgan fingerprint density at radius 2 is 1.97 bits per heavy atom. The second-order valence-electron chi connectivity index (χ2n) is 10.9. The average Bonchev–Trinajstić information content (AvgIpc) is 3.52. The quantitative estimate of drug-likeness (QED) is 0.388. The fourth-order valence-electron chi connectivity index (χ4n) is 5.83. The molecular formula is C29H35FN4O4. The molecule has 1 atom stereocenters. The van der Waals surface area contributed by atoms with Gasteiger partial charge in [0, 0.05) is 24.2 Å². The molecular weight excluding hydrogens is 487 g/mol. The number of carbonyl (C=O) groups is 1. The predicted molar refractivity (Wildman–Crippen MR) is 139 cm³/mol. The van der Waals surface area contributed by atoms with Crippen molar-refractivity contribution in [2.75, 3.05) is 0 Å². The second kappa shape index (κ2) is 10.3. The van der Waals surface area contributed by atoms with Crippen LogP contribution >= 0.6 is 0 Å². The van der Waals surface area contributed by atoms with Crippen LogP contribution in [0.15, 0.2) is 35.6 Å². The molecule has 0 radical (unpaired) electrons. The van der Waals surface area contributed by atoms with E-state index in [4.69, 9.17) is 9.47 Å². The van der Waals surface area contributed by atoms with Crippen molar-refractivity contribution in [1.82, 2.24) is 19.6 Å². The number of esters is 1. The standard InChI is InChI=1S/C29H35FN4O4/c1-17(2)37-25-10-9-20(14-23(25)30)11-12-29(21-7-5-6-8-21)16-24(35)22(27(36)38-29)15-26-32-28-31-18(3)13-19(4)34(28)33-26/h9-10,13-14,17,21,35H,5-8,11-12,15-16H2,1-4H3. The van der Waals surface area contributed by atoms with Gasteiger partial charge in [-0.3, -0.25) is 0 Å². The number of hydrogen-bond donors (Lipinski definition) is 1. The molecule has 5 rings (SSSR count). The SMILES string of the molecule is Cc1cc(C)n2nc(CC3=C(O)CC(CCc4ccc(OC(C)C)c(F)c4)(C4CCCC4)OC3=O)nc2n1. The van der Waals surface area contributed by atoms with Gasteiger partial charge in [-0.05, 0) is 83.1 Å². The molecule has 202 valence electrons. The summed E-state index contributed by atoms with van der Waals surface area (Å²) in [6.07, 6.45) is 5.19. The zero-order valence-corrected chi connectivity index (χ0v) is 22.5. The highest BCUT2D eigenvalue weighted by atomic mass is 19.1. The highest BCUT2D eigenvalue weighted by Gasteiger charge is 2.48. The number of hydrogen-bond acceptors (Lipinski definition) is 7. The van der Waals surface area contributed by atoms with E-state index in [1.54, 1.807) is 10.6 Å². The van der Waals surface area contributed by atoms with Crippen LogP contribution in [-0.2, 0) is 22.4 Å². The Balaban J connectivity index is 1.38. The first-order valence-corrected chi connectivity index (χ1v) is 13.4. The lowest BCUT2D eigenvalue weighted by atomic mass is 9.76. The first-order chi connectivity index (χ1) is 18.1. The molecule has 38 heavy (non-hydrogen) atoms. The molecule has 1 aromatic carbocycles. The molecule has 1 aliphatic carbocycles. The molecule has 9 heteroatoms. The third-order valence-electron chi connectivity index (χ3n) is 7.65. The minimum absolute atomic E-state index is 0.0275. The molecule has 0 bridgehead atoms. The van der Waals surface area contributed by atoms with Crippen LogP contribution in [0.3, 0.4) is 0 Å². The summed E-state index contributed by atoms with van der Waals surface area (Å²) in [5.74, 6) is 0.316. The fourth-order valence-corrected chi connectivity index (χ4v) is 5.83. The van der Waals surface area contributed by atoms with E-state index in [0.717, 1.165) is 42.6 Å². The molecule has 2 aliphatic rings. The maximum Gasteiger partial charge on any atom is 0.338 e. The van der Waals surface area contributed by atoms with Crippen LogP contribution < -0.4 is 4.74 Å².